The van der Waals surface area contributed by atoms with E-state index in [4.69, 9.17) is 4.42 Å². The summed E-state index contributed by atoms with van der Waals surface area (Å²) in [6.45, 7) is 6.45. The minimum absolute atomic E-state index is 0.563. The molecule has 3 rings (SSSR count). The Morgan fingerprint density at radius 2 is 2.13 bits per heavy atom. The maximum Gasteiger partial charge on any atom is 0.315 e. The molecule has 0 aliphatic carbocycles. The summed E-state index contributed by atoms with van der Waals surface area (Å²) in [6.07, 6.45) is 4.31. The number of rotatable bonds is 8. The van der Waals surface area contributed by atoms with Crippen LogP contribution in [0.3, 0.4) is 0 Å². The lowest BCUT2D eigenvalue weighted by atomic mass is 10.1. The molecule has 0 bridgehead atoms. The van der Waals surface area contributed by atoms with E-state index in [-0.39, 0.29) is 0 Å². The normalized spacial score (nSPS) is 18.4. The molecule has 5 heteroatoms. The molecule has 1 aromatic heterocycles. The first-order chi connectivity index (χ1) is 11.3. The third-order valence-corrected chi connectivity index (χ3v) is 4.38. The highest BCUT2D eigenvalue weighted by molar-refractivity contribution is 5.17. The van der Waals surface area contributed by atoms with Gasteiger partial charge in [-0.05, 0) is 37.3 Å². The minimum Gasteiger partial charge on any atom is -0.408 e. The molecule has 1 aliphatic rings. The average molecular weight is 314 g/mol. The van der Waals surface area contributed by atoms with Gasteiger partial charge in [0.2, 0.25) is 5.89 Å². The first-order valence-electron chi connectivity index (χ1n) is 8.66. The van der Waals surface area contributed by atoms with Gasteiger partial charge in [0.25, 0.3) is 0 Å². The lowest BCUT2D eigenvalue weighted by Crippen LogP contribution is -2.20. The Morgan fingerprint density at radius 3 is 2.96 bits per heavy atom. The van der Waals surface area contributed by atoms with E-state index in [1.54, 1.807) is 0 Å². The molecule has 5 nitrogen and oxygen atoms in total. The fourth-order valence-electron chi connectivity index (χ4n) is 3.16. The van der Waals surface area contributed by atoms with Gasteiger partial charge in [-0.25, -0.2) is 0 Å². The van der Waals surface area contributed by atoms with Gasteiger partial charge in [-0.1, -0.05) is 42.4 Å². The lowest BCUT2D eigenvalue weighted by molar-refractivity contribution is 0.314. The molecule has 1 aliphatic heterocycles. The molecule has 0 radical (unpaired) electrons. The predicted octanol–water partition coefficient (Wildman–Crippen LogP) is 3.35. The van der Waals surface area contributed by atoms with Crippen LogP contribution >= 0.6 is 0 Å². The summed E-state index contributed by atoms with van der Waals surface area (Å²) in [5, 5.41) is 11.3. The van der Waals surface area contributed by atoms with Gasteiger partial charge in [0.1, 0.15) is 0 Å². The summed E-state index contributed by atoms with van der Waals surface area (Å²) in [5.74, 6) is 1.48. The number of nitrogens with one attached hydrogen (secondary N) is 1. The van der Waals surface area contributed by atoms with Crippen molar-refractivity contribution in [1.82, 2.24) is 15.1 Å². The highest BCUT2D eigenvalue weighted by atomic mass is 16.4. The van der Waals surface area contributed by atoms with E-state index >= 15 is 0 Å². The van der Waals surface area contributed by atoms with Crippen molar-refractivity contribution < 1.29 is 4.42 Å². The molecule has 2 heterocycles. The minimum atomic E-state index is 0.563. The summed E-state index contributed by atoms with van der Waals surface area (Å²) in [5.41, 5.74) is 1.40. The van der Waals surface area contributed by atoms with Gasteiger partial charge in [-0.15, -0.1) is 5.10 Å². The van der Waals surface area contributed by atoms with E-state index in [2.05, 4.69) is 57.7 Å². The van der Waals surface area contributed by atoms with Crippen LogP contribution in [0.4, 0.5) is 6.01 Å². The molecule has 1 aromatic carbocycles. The van der Waals surface area contributed by atoms with Crippen molar-refractivity contribution in [3.63, 3.8) is 0 Å². The molecule has 2 aromatic rings. The SMILES string of the molecule is CCCc1nnc(NCC[C@H]2CCN(Cc3ccccc3)C2)o1. The van der Waals surface area contributed by atoms with Crippen LogP contribution in [-0.2, 0) is 13.0 Å². The molecule has 1 atom stereocenters. The quantitative estimate of drug-likeness (QED) is 0.810. The predicted molar refractivity (Wildman–Crippen MR) is 91.2 cm³/mol. The Hall–Kier alpha value is -1.88. The number of anilines is 1. The Kier molecular flexibility index (Phi) is 5.64. The first-order valence-corrected chi connectivity index (χ1v) is 8.66. The van der Waals surface area contributed by atoms with E-state index in [1.165, 1.54) is 25.1 Å². The number of benzene rings is 1. The molecule has 1 N–H and O–H groups in total. The highest BCUT2D eigenvalue weighted by Gasteiger charge is 2.22. The summed E-state index contributed by atoms with van der Waals surface area (Å²) >= 11 is 0. The fourth-order valence-corrected chi connectivity index (χ4v) is 3.16. The van der Waals surface area contributed by atoms with E-state index < -0.39 is 0 Å². The zero-order valence-corrected chi connectivity index (χ0v) is 13.9. The summed E-state index contributed by atoms with van der Waals surface area (Å²) < 4.78 is 5.55. The third kappa shape index (κ3) is 4.79. The Morgan fingerprint density at radius 1 is 1.26 bits per heavy atom. The molecule has 0 spiro atoms. The maximum absolute atomic E-state index is 5.55. The van der Waals surface area contributed by atoms with E-state index in [0.717, 1.165) is 44.2 Å². The van der Waals surface area contributed by atoms with Crippen LogP contribution in [-0.4, -0.2) is 34.7 Å². The summed E-state index contributed by atoms with van der Waals surface area (Å²) in [4.78, 5) is 2.55. The third-order valence-electron chi connectivity index (χ3n) is 4.38. The fraction of sp³-hybridized carbons (Fsp3) is 0.556. The van der Waals surface area contributed by atoms with Crippen molar-refractivity contribution in [2.45, 2.75) is 39.2 Å². The van der Waals surface area contributed by atoms with Crippen LogP contribution in [0, 0.1) is 5.92 Å². The van der Waals surface area contributed by atoms with Gasteiger partial charge >= 0.3 is 6.01 Å². The zero-order chi connectivity index (χ0) is 15.9. The monoisotopic (exact) mass is 314 g/mol. The largest absolute Gasteiger partial charge is 0.408 e. The van der Waals surface area contributed by atoms with Crippen molar-refractivity contribution >= 4 is 6.01 Å². The number of likely N-dealkylation sites (tertiary alicyclic amines) is 1. The number of hydrogen-bond acceptors (Lipinski definition) is 5. The van der Waals surface area contributed by atoms with Crippen molar-refractivity contribution in [3.05, 3.63) is 41.8 Å². The van der Waals surface area contributed by atoms with Gasteiger partial charge in [0, 0.05) is 26.1 Å². The average Bonchev–Trinajstić information content (AvgIpc) is 3.19. The van der Waals surface area contributed by atoms with Crippen LogP contribution in [0.1, 0.15) is 37.6 Å². The van der Waals surface area contributed by atoms with Crippen LogP contribution in [0.5, 0.6) is 0 Å². The van der Waals surface area contributed by atoms with Crippen LogP contribution in [0.15, 0.2) is 34.7 Å². The van der Waals surface area contributed by atoms with Gasteiger partial charge < -0.3 is 9.73 Å². The smallest absolute Gasteiger partial charge is 0.315 e. The number of aromatic nitrogens is 2. The first kappa shape index (κ1) is 16.0. The van der Waals surface area contributed by atoms with Crippen molar-refractivity contribution in [1.29, 1.82) is 0 Å². The van der Waals surface area contributed by atoms with Gasteiger partial charge in [0.15, 0.2) is 0 Å². The van der Waals surface area contributed by atoms with Crippen LogP contribution < -0.4 is 5.32 Å². The summed E-state index contributed by atoms with van der Waals surface area (Å²) in [6, 6.07) is 11.3. The molecule has 1 saturated heterocycles. The highest BCUT2D eigenvalue weighted by Crippen LogP contribution is 2.21. The second kappa shape index (κ2) is 8.11. The second-order valence-electron chi connectivity index (χ2n) is 6.34. The Labute approximate surface area is 138 Å². The van der Waals surface area contributed by atoms with E-state index in [1.807, 2.05) is 0 Å². The van der Waals surface area contributed by atoms with E-state index in [9.17, 15) is 0 Å². The van der Waals surface area contributed by atoms with Crippen LogP contribution in [0.2, 0.25) is 0 Å². The second-order valence-corrected chi connectivity index (χ2v) is 6.34. The molecule has 0 saturated carbocycles. The number of aryl methyl sites for hydroxylation is 1. The van der Waals surface area contributed by atoms with Gasteiger partial charge in [-0.3, -0.25) is 4.90 Å². The molecule has 124 valence electrons. The molecule has 23 heavy (non-hydrogen) atoms. The maximum atomic E-state index is 5.55. The summed E-state index contributed by atoms with van der Waals surface area (Å²) in [7, 11) is 0. The molecule has 1 fully saturated rings. The lowest BCUT2D eigenvalue weighted by Gasteiger charge is -2.16. The van der Waals surface area contributed by atoms with Crippen LogP contribution in [0.25, 0.3) is 0 Å². The van der Waals surface area contributed by atoms with Gasteiger partial charge in [-0.2, -0.15) is 0 Å². The molecular formula is C18H26N4O. The Bertz CT molecular complexity index is 584. The standard InChI is InChI=1S/C18H26N4O/c1-2-6-17-20-21-18(23-17)19-11-9-16-10-12-22(14-16)13-15-7-4-3-5-8-15/h3-5,7-8,16H,2,6,9-14H2,1H3,(H,19,21)/t16-/m0/s1. The molecule has 0 amide bonds. The molecular weight excluding hydrogens is 288 g/mol. The zero-order valence-electron chi connectivity index (χ0n) is 13.9. The Balaban J connectivity index is 1.36. The molecule has 0 unspecified atom stereocenters. The number of nitrogens with zero attached hydrogens (tertiary/aromatic N) is 3. The topological polar surface area (TPSA) is 54.2 Å². The van der Waals surface area contributed by atoms with Gasteiger partial charge in [0.05, 0.1) is 0 Å². The number of hydrogen-bond donors (Lipinski definition) is 1. The van der Waals surface area contributed by atoms with Crippen molar-refractivity contribution in [3.8, 4) is 0 Å². The van der Waals surface area contributed by atoms with Crippen molar-refractivity contribution in [2.24, 2.45) is 5.92 Å². The van der Waals surface area contributed by atoms with E-state index in [0.29, 0.717) is 6.01 Å². The van der Waals surface area contributed by atoms with Crippen molar-refractivity contribution in [2.75, 3.05) is 25.0 Å².